The largest absolute Gasteiger partial charge is 0.375 e. The summed E-state index contributed by atoms with van der Waals surface area (Å²) in [5.41, 5.74) is 8.58. The predicted molar refractivity (Wildman–Crippen MR) is 74.6 cm³/mol. The van der Waals surface area contributed by atoms with Crippen LogP contribution in [0.3, 0.4) is 0 Å². The third-order valence-corrected chi connectivity index (χ3v) is 3.68. The normalized spacial score (nSPS) is 10.6. The van der Waals surface area contributed by atoms with E-state index in [4.69, 9.17) is 11.0 Å². The van der Waals surface area contributed by atoms with Crippen LogP contribution in [0.2, 0.25) is 0 Å². The standard InChI is InChI=1S/C14H15N3S/c1-9(2)13-12(18-14(16)17-13)7-10-5-3-4-6-11(10)8-15/h3-6,9H,7H2,1-2H3,(H2,16,17). The zero-order chi connectivity index (χ0) is 13.1. The zero-order valence-electron chi connectivity index (χ0n) is 10.5. The lowest BCUT2D eigenvalue weighted by Gasteiger charge is -2.06. The van der Waals surface area contributed by atoms with Crippen LogP contribution in [0, 0.1) is 11.3 Å². The first-order chi connectivity index (χ1) is 8.61. The molecule has 0 bridgehead atoms. The molecule has 1 heterocycles. The fourth-order valence-corrected chi connectivity index (χ4v) is 2.93. The SMILES string of the molecule is CC(C)c1nc(N)sc1Cc1ccccc1C#N. The van der Waals surface area contributed by atoms with Crippen molar-refractivity contribution in [3.05, 3.63) is 46.0 Å². The van der Waals surface area contributed by atoms with Gasteiger partial charge in [-0.05, 0) is 17.5 Å². The molecule has 0 aliphatic carbocycles. The fourth-order valence-electron chi connectivity index (χ4n) is 1.92. The van der Waals surface area contributed by atoms with Gasteiger partial charge in [0.2, 0.25) is 0 Å². The van der Waals surface area contributed by atoms with Gasteiger partial charge in [0.15, 0.2) is 5.13 Å². The van der Waals surface area contributed by atoms with Crippen LogP contribution in [-0.2, 0) is 6.42 Å². The molecular formula is C14H15N3S. The van der Waals surface area contributed by atoms with Crippen molar-refractivity contribution in [1.82, 2.24) is 4.98 Å². The fraction of sp³-hybridized carbons (Fsp3) is 0.286. The summed E-state index contributed by atoms with van der Waals surface area (Å²) in [4.78, 5) is 5.53. The topological polar surface area (TPSA) is 62.7 Å². The molecule has 1 aromatic carbocycles. The van der Waals surface area contributed by atoms with E-state index in [1.165, 1.54) is 11.3 Å². The summed E-state index contributed by atoms with van der Waals surface area (Å²) in [6.07, 6.45) is 0.728. The number of hydrogen-bond donors (Lipinski definition) is 1. The summed E-state index contributed by atoms with van der Waals surface area (Å²) in [7, 11) is 0. The molecule has 4 heteroatoms. The number of benzene rings is 1. The molecule has 3 nitrogen and oxygen atoms in total. The van der Waals surface area contributed by atoms with Gasteiger partial charge in [-0.15, -0.1) is 11.3 Å². The maximum absolute atomic E-state index is 9.09. The molecule has 0 radical (unpaired) electrons. The van der Waals surface area contributed by atoms with Gasteiger partial charge in [-0.3, -0.25) is 0 Å². The van der Waals surface area contributed by atoms with Crippen LogP contribution in [-0.4, -0.2) is 4.98 Å². The molecule has 2 aromatic rings. The third-order valence-electron chi connectivity index (χ3n) is 2.78. The minimum Gasteiger partial charge on any atom is -0.375 e. The number of rotatable bonds is 3. The summed E-state index contributed by atoms with van der Waals surface area (Å²) in [6, 6.07) is 9.89. The van der Waals surface area contributed by atoms with Crippen molar-refractivity contribution in [3.63, 3.8) is 0 Å². The van der Waals surface area contributed by atoms with E-state index in [1.807, 2.05) is 24.3 Å². The smallest absolute Gasteiger partial charge is 0.180 e. The molecule has 0 saturated carbocycles. The van der Waals surface area contributed by atoms with E-state index in [1.54, 1.807) is 0 Å². The van der Waals surface area contributed by atoms with Crippen LogP contribution in [0.15, 0.2) is 24.3 Å². The van der Waals surface area contributed by atoms with Crippen molar-refractivity contribution in [2.24, 2.45) is 0 Å². The molecule has 2 rings (SSSR count). The Hall–Kier alpha value is -1.86. The lowest BCUT2D eigenvalue weighted by Crippen LogP contribution is -1.97. The number of nitrogens with zero attached hydrogens (tertiary/aromatic N) is 2. The Kier molecular flexibility index (Phi) is 3.63. The van der Waals surface area contributed by atoms with Gasteiger partial charge in [0.1, 0.15) is 0 Å². The predicted octanol–water partition coefficient (Wildman–Crippen LogP) is 3.31. The Morgan fingerprint density at radius 3 is 2.78 bits per heavy atom. The molecule has 92 valence electrons. The van der Waals surface area contributed by atoms with Gasteiger partial charge in [-0.2, -0.15) is 5.26 Å². The number of aromatic nitrogens is 1. The van der Waals surface area contributed by atoms with Crippen molar-refractivity contribution in [1.29, 1.82) is 5.26 Å². The molecule has 2 N–H and O–H groups in total. The van der Waals surface area contributed by atoms with E-state index in [0.29, 0.717) is 11.0 Å². The highest BCUT2D eigenvalue weighted by Crippen LogP contribution is 2.29. The van der Waals surface area contributed by atoms with Crippen molar-refractivity contribution in [2.45, 2.75) is 26.2 Å². The van der Waals surface area contributed by atoms with Crippen LogP contribution in [0.25, 0.3) is 0 Å². The minimum atomic E-state index is 0.350. The number of thiazole rings is 1. The average Bonchev–Trinajstić information content (AvgIpc) is 2.71. The molecule has 0 atom stereocenters. The average molecular weight is 257 g/mol. The van der Waals surface area contributed by atoms with Crippen LogP contribution >= 0.6 is 11.3 Å². The second-order valence-electron chi connectivity index (χ2n) is 4.46. The van der Waals surface area contributed by atoms with Gasteiger partial charge in [0.25, 0.3) is 0 Å². The molecule has 0 unspecified atom stereocenters. The van der Waals surface area contributed by atoms with Crippen LogP contribution in [0.4, 0.5) is 5.13 Å². The Labute approximate surface area is 111 Å². The van der Waals surface area contributed by atoms with Crippen LogP contribution in [0.1, 0.15) is 41.5 Å². The number of nitrogen functional groups attached to an aromatic ring is 1. The Morgan fingerprint density at radius 1 is 1.39 bits per heavy atom. The van der Waals surface area contributed by atoms with Crippen LogP contribution in [0.5, 0.6) is 0 Å². The van der Waals surface area contributed by atoms with E-state index in [9.17, 15) is 0 Å². The van der Waals surface area contributed by atoms with E-state index >= 15 is 0 Å². The van der Waals surface area contributed by atoms with Gasteiger partial charge >= 0.3 is 0 Å². The van der Waals surface area contributed by atoms with Crippen molar-refractivity contribution in [3.8, 4) is 6.07 Å². The highest BCUT2D eigenvalue weighted by Gasteiger charge is 2.14. The Bertz CT molecular complexity index is 593. The second-order valence-corrected chi connectivity index (χ2v) is 5.58. The number of anilines is 1. The van der Waals surface area contributed by atoms with Gasteiger partial charge in [0.05, 0.1) is 17.3 Å². The molecule has 1 aromatic heterocycles. The number of nitrogens with two attached hydrogens (primary N) is 1. The van der Waals surface area contributed by atoms with E-state index in [0.717, 1.165) is 28.1 Å². The lowest BCUT2D eigenvalue weighted by molar-refractivity contribution is 0.820. The van der Waals surface area contributed by atoms with Gasteiger partial charge < -0.3 is 5.73 Å². The maximum atomic E-state index is 9.09. The quantitative estimate of drug-likeness (QED) is 0.917. The summed E-state index contributed by atoms with van der Waals surface area (Å²) < 4.78 is 0. The summed E-state index contributed by atoms with van der Waals surface area (Å²) in [5.74, 6) is 0.350. The van der Waals surface area contributed by atoms with Crippen LogP contribution < -0.4 is 5.73 Å². The molecule has 0 amide bonds. The Balaban J connectivity index is 2.37. The summed E-state index contributed by atoms with van der Waals surface area (Å²) >= 11 is 1.51. The Morgan fingerprint density at radius 2 is 2.11 bits per heavy atom. The summed E-state index contributed by atoms with van der Waals surface area (Å²) in [5, 5.41) is 9.69. The van der Waals surface area contributed by atoms with Gasteiger partial charge in [-0.25, -0.2) is 4.98 Å². The molecule has 0 aliphatic heterocycles. The van der Waals surface area contributed by atoms with Gasteiger partial charge in [0, 0.05) is 11.3 Å². The van der Waals surface area contributed by atoms with Crippen molar-refractivity contribution < 1.29 is 0 Å². The van der Waals surface area contributed by atoms with E-state index in [-0.39, 0.29) is 0 Å². The number of hydrogen-bond acceptors (Lipinski definition) is 4. The van der Waals surface area contributed by atoms with Gasteiger partial charge in [-0.1, -0.05) is 32.0 Å². The minimum absolute atomic E-state index is 0.350. The van der Waals surface area contributed by atoms with Crippen molar-refractivity contribution in [2.75, 3.05) is 5.73 Å². The molecule has 0 fully saturated rings. The second kappa shape index (κ2) is 5.19. The monoisotopic (exact) mass is 257 g/mol. The lowest BCUT2D eigenvalue weighted by atomic mass is 10.0. The maximum Gasteiger partial charge on any atom is 0.180 e. The first-order valence-electron chi connectivity index (χ1n) is 5.85. The first kappa shape index (κ1) is 12.6. The molecule has 0 saturated heterocycles. The highest BCUT2D eigenvalue weighted by molar-refractivity contribution is 7.15. The van der Waals surface area contributed by atoms with Crippen molar-refractivity contribution >= 4 is 16.5 Å². The van der Waals surface area contributed by atoms with E-state index in [2.05, 4.69) is 24.9 Å². The molecular weight excluding hydrogens is 242 g/mol. The molecule has 18 heavy (non-hydrogen) atoms. The first-order valence-corrected chi connectivity index (χ1v) is 6.66. The van der Waals surface area contributed by atoms with E-state index < -0.39 is 0 Å². The zero-order valence-corrected chi connectivity index (χ0v) is 11.3. The third kappa shape index (κ3) is 2.52. The number of nitriles is 1. The molecule has 0 spiro atoms. The highest BCUT2D eigenvalue weighted by atomic mass is 32.1. The summed E-state index contributed by atoms with van der Waals surface area (Å²) in [6.45, 7) is 4.21. The molecule has 0 aliphatic rings.